The van der Waals surface area contributed by atoms with Crippen LogP contribution in [-0.2, 0) is 28.5 Å². The van der Waals surface area contributed by atoms with E-state index in [0.717, 1.165) is 0 Å². The summed E-state index contributed by atoms with van der Waals surface area (Å²) in [6.45, 7) is 11.4. The highest BCUT2D eigenvalue weighted by atomic mass is 16.6. The lowest BCUT2D eigenvalue weighted by molar-refractivity contribution is -0.156. The third-order valence-electron chi connectivity index (χ3n) is 5.85. The van der Waals surface area contributed by atoms with E-state index < -0.39 is 61.3 Å². The van der Waals surface area contributed by atoms with Crippen molar-refractivity contribution in [2.45, 2.75) is 71.7 Å². The maximum atomic E-state index is 12.5. The van der Waals surface area contributed by atoms with Gasteiger partial charge in [-0.1, -0.05) is 46.4 Å². The minimum Gasteiger partial charge on any atom is -0.463 e. The molecule has 0 spiro atoms. The molecule has 2 unspecified atom stereocenters. The Balaban J connectivity index is 2.55. The number of carbonyl (C=O) groups excluding carboxylic acids is 4. The number of hydrogen-bond acceptors (Lipinski definition) is 10. The molecule has 1 rings (SSSR count). The van der Waals surface area contributed by atoms with Crippen LogP contribution in [0.5, 0.6) is 0 Å². The van der Waals surface area contributed by atoms with Crippen molar-refractivity contribution in [1.29, 1.82) is 0 Å². The Hall–Kier alpha value is -3.24. The molecule has 10 heteroatoms. The zero-order valence-corrected chi connectivity index (χ0v) is 22.2. The van der Waals surface area contributed by atoms with Crippen LogP contribution in [0.1, 0.15) is 74.6 Å². The SMILES string of the molecule is C=C(CC(=O)OCC(O)COC(=O)c1ccccc1C(=O)OCC(O)C(C)C)C(=O)OC(C)(CC)CC. The average Bonchev–Trinajstić information content (AvgIpc) is 2.88. The lowest BCUT2D eigenvalue weighted by atomic mass is 10.00. The zero-order chi connectivity index (χ0) is 28.2. The maximum absolute atomic E-state index is 12.5. The number of aliphatic hydroxyl groups is 2. The summed E-state index contributed by atoms with van der Waals surface area (Å²) in [5.41, 5.74) is -0.883. The van der Waals surface area contributed by atoms with Gasteiger partial charge in [-0.3, -0.25) is 4.79 Å². The molecule has 2 atom stereocenters. The van der Waals surface area contributed by atoms with Gasteiger partial charge in [-0.25, -0.2) is 14.4 Å². The van der Waals surface area contributed by atoms with Crippen LogP contribution in [0, 0.1) is 5.92 Å². The summed E-state index contributed by atoms with van der Waals surface area (Å²) in [5, 5.41) is 19.9. The lowest BCUT2D eigenvalue weighted by Gasteiger charge is -2.27. The molecule has 206 valence electrons. The predicted molar refractivity (Wildman–Crippen MR) is 134 cm³/mol. The van der Waals surface area contributed by atoms with Gasteiger partial charge in [-0.05, 0) is 37.8 Å². The van der Waals surface area contributed by atoms with Gasteiger partial charge < -0.3 is 29.2 Å². The molecule has 37 heavy (non-hydrogen) atoms. The largest absolute Gasteiger partial charge is 0.463 e. The molecule has 0 bridgehead atoms. The zero-order valence-electron chi connectivity index (χ0n) is 22.2. The first-order valence-corrected chi connectivity index (χ1v) is 12.2. The third kappa shape index (κ3) is 10.7. The van der Waals surface area contributed by atoms with Crippen LogP contribution in [0.25, 0.3) is 0 Å². The fraction of sp³-hybridized carbons (Fsp3) is 0.556. The minimum absolute atomic E-state index is 0.0583. The van der Waals surface area contributed by atoms with E-state index in [0.29, 0.717) is 12.8 Å². The Morgan fingerprint density at radius 1 is 0.892 bits per heavy atom. The number of esters is 4. The number of carbonyl (C=O) groups is 4. The van der Waals surface area contributed by atoms with E-state index in [4.69, 9.17) is 18.9 Å². The van der Waals surface area contributed by atoms with Crippen LogP contribution >= 0.6 is 0 Å². The summed E-state index contributed by atoms with van der Waals surface area (Å²) in [7, 11) is 0. The molecule has 0 saturated heterocycles. The van der Waals surface area contributed by atoms with Gasteiger partial charge in [0.25, 0.3) is 0 Å². The molecule has 1 aromatic rings. The summed E-state index contributed by atoms with van der Waals surface area (Å²) in [5.74, 6) is -3.33. The Labute approximate surface area is 217 Å². The van der Waals surface area contributed by atoms with Crippen molar-refractivity contribution < 1.29 is 48.3 Å². The van der Waals surface area contributed by atoms with Crippen LogP contribution in [0.4, 0.5) is 0 Å². The van der Waals surface area contributed by atoms with Crippen molar-refractivity contribution in [2.75, 3.05) is 19.8 Å². The van der Waals surface area contributed by atoms with Crippen molar-refractivity contribution in [3.63, 3.8) is 0 Å². The fourth-order valence-electron chi connectivity index (χ4n) is 2.74. The Morgan fingerprint density at radius 2 is 1.38 bits per heavy atom. The summed E-state index contributed by atoms with van der Waals surface area (Å²) < 4.78 is 20.5. The van der Waals surface area contributed by atoms with E-state index in [1.807, 2.05) is 13.8 Å². The molecular formula is C27H38O10. The molecule has 0 saturated carbocycles. The van der Waals surface area contributed by atoms with Gasteiger partial charge in [0.2, 0.25) is 0 Å². The average molecular weight is 523 g/mol. The number of ether oxygens (including phenoxy) is 4. The van der Waals surface area contributed by atoms with Crippen LogP contribution in [0.15, 0.2) is 36.4 Å². The molecule has 0 amide bonds. The second-order valence-electron chi connectivity index (χ2n) is 9.22. The van der Waals surface area contributed by atoms with Crippen molar-refractivity contribution >= 4 is 23.9 Å². The topological polar surface area (TPSA) is 146 Å². The first-order valence-electron chi connectivity index (χ1n) is 12.2. The second kappa shape index (κ2) is 15.1. The highest BCUT2D eigenvalue weighted by Gasteiger charge is 2.27. The smallest absolute Gasteiger partial charge is 0.339 e. The van der Waals surface area contributed by atoms with Gasteiger partial charge in [0.1, 0.15) is 31.5 Å². The molecule has 0 aliphatic rings. The number of aliphatic hydroxyl groups excluding tert-OH is 2. The van der Waals surface area contributed by atoms with Crippen LogP contribution in [0.3, 0.4) is 0 Å². The van der Waals surface area contributed by atoms with Gasteiger partial charge in [-0.2, -0.15) is 0 Å². The fourth-order valence-corrected chi connectivity index (χ4v) is 2.74. The molecule has 0 aliphatic carbocycles. The van der Waals surface area contributed by atoms with Crippen LogP contribution in [-0.4, -0.2) is 71.7 Å². The summed E-state index contributed by atoms with van der Waals surface area (Å²) >= 11 is 0. The highest BCUT2D eigenvalue weighted by molar-refractivity contribution is 6.03. The lowest BCUT2D eigenvalue weighted by Crippen LogP contribution is -2.31. The second-order valence-corrected chi connectivity index (χ2v) is 9.22. The predicted octanol–water partition coefficient (Wildman–Crippen LogP) is 2.99. The van der Waals surface area contributed by atoms with E-state index >= 15 is 0 Å². The number of hydrogen-bond donors (Lipinski definition) is 2. The Morgan fingerprint density at radius 3 is 1.86 bits per heavy atom. The molecule has 0 heterocycles. The summed E-state index contributed by atoms with van der Waals surface area (Å²) in [4.78, 5) is 49.0. The molecule has 10 nitrogen and oxygen atoms in total. The quantitative estimate of drug-likeness (QED) is 0.200. The molecule has 0 aliphatic heterocycles. The summed E-state index contributed by atoms with van der Waals surface area (Å²) in [6.07, 6.45) is -1.42. The van der Waals surface area contributed by atoms with Gasteiger partial charge in [-0.15, -0.1) is 0 Å². The first-order chi connectivity index (χ1) is 17.3. The van der Waals surface area contributed by atoms with Crippen LogP contribution < -0.4 is 0 Å². The molecule has 0 radical (unpaired) electrons. The maximum Gasteiger partial charge on any atom is 0.339 e. The van der Waals surface area contributed by atoms with Crippen LogP contribution in [0.2, 0.25) is 0 Å². The molecule has 0 aromatic heterocycles. The van der Waals surface area contributed by atoms with Gasteiger partial charge in [0.15, 0.2) is 0 Å². The van der Waals surface area contributed by atoms with Crippen molar-refractivity contribution in [3.05, 3.63) is 47.5 Å². The van der Waals surface area contributed by atoms with E-state index in [1.165, 1.54) is 24.3 Å². The monoisotopic (exact) mass is 522 g/mol. The van der Waals surface area contributed by atoms with E-state index in [-0.39, 0.29) is 29.2 Å². The van der Waals surface area contributed by atoms with Gasteiger partial charge in [0.05, 0.1) is 23.7 Å². The molecular weight excluding hydrogens is 484 g/mol. The Kier molecular flexibility index (Phi) is 13.0. The standard InChI is InChI=1S/C27H38O10/c1-7-27(6,8-2)37-24(31)18(5)13-23(30)34-14-19(28)15-35-25(32)20-11-9-10-12-21(20)26(33)36-16-22(29)17(3)4/h9-12,17,19,22,28-29H,5,7-8,13-16H2,1-4,6H3. The van der Waals surface area contributed by atoms with E-state index in [2.05, 4.69) is 6.58 Å². The van der Waals surface area contributed by atoms with Gasteiger partial charge >= 0.3 is 23.9 Å². The highest BCUT2D eigenvalue weighted by Crippen LogP contribution is 2.21. The molecule has 1 aromatic carbocycles. The number of rotatable bonds is 15. The molecule has 2 N–H and O–H groups in total. The third-order valence-corrected chi connectivity index (χ3v) is 5.85. The summed E-state index contributed by atoms with van der Waals surface area (Å²) in [6, 6.07) is 5.79. The van der Waals surface area contributed by atoms with E-state index in [1.54, 1.807) is 20.8 Å². The Bertz CT molecular complexity index is 948. The van der Waals surface area contributed by atoms with Crippen molar-refractivity contribution in [2.24, 2.45) is 5.92 Å². The normalized spacial score (nSPS) is 12.9. The number of benzene rings is 1. The first kappa shape index (κ1) is 31.8. The van der Waals surface area contributed by atoms with E-state index in [9.17, 15) is 29.4 Å². The van der Waals surface area contributed by atoms with Crippen molar-refractivity contribution in [1.82, 2.24) is 0 Å². The molecule has 0 fully saturated rings. The minimum atomic E-state index is -1.35. The van der Waals surface area contributed by atoms with Crippen molar-refractivity contribution in [3.8, 4) is 0 Å². The van der Waals surface area contributed by atoms with Gasteiger partial charge in [0, 0.05) is 5.57 Å².